The molecule has 25 heavy (non-hydrogen) atoms. The first kappa shape index (κ1) is 18.9. The maximum absolute atomic E-state index is 12.4. The molecule has 3 nitrogen and oxygen atoms in total. The lowest BCUT2D eigenvalue weighted by Crippen LogP contribution is -2.05. The fourth-order valence-electron chi connectivity index (χ4n) is 2.89. The quantitative estimate of drug-likeness (QED) is 0.471. The maximum Gasteiger partial charge on any atom is 0.335 e. The Morgan fingerprint density at radius 1 is 0.840 bits per heavy atom. The number of aryl methyl sites for hydroxylation is 1. The number of rotatable bonds is 10. The fourth-order valence-corrected chi connectivity index (χ4v) is 2.89. The van der Waals surface area contributed by atoms with E-state index in [1.165, 1.54) is 43.7 Å². The van der Waals surface area contributed by atoms with Gasteiger partial charge in [-0.15, -0.1) is 0 Å². The third kappa shape index (κ3) is 6.18. The van der Waals surface area contributed by atoms with Crippen LogP contribution in [0.1, 0.15) is 70.9 Å². The smallest absolute Gasteiger partial charge is 0.335 e. The molecule has 0 bridgehead atoms. The lowest BCUT2D eigenvalue weighted by atomic mass is 9.99. The molecule has 0 fully saturated rings. The third-order valence-electron chi connectivity index (χ3n) is 4.38. The van der Waals surface area contributed by atoms with E-state index in [1.54, 1.807) is 18.2 Å². The summed E-state index contributed by atoms with van der Waals surface area (Å²) in [5, 5.41) is 9.02. The van der Waals surface area contributed by atoms with Crippen molar-refractivity contribution in [3.05, 3.63) is 70.8 Å². The molecule has 2 rings (SSSR count). The van der Waals surface area contributed by atoms with E-state index >= 15 is 0 Å². The number of benzene rings is 2. The van der Waals surface area contributed by atoms with Crippen LogP contribution in [0.2, 0.25) is 0 Å². The summed E-state index contributed by atoms with van der Waals surface area (Å²) in [4.78, 5) is 23.4. The van der Waals surface area contributed by atoms with Crippen molar-refractivity contribution in [2.45, 2.75) is 51.9 Å². The Morgan fingerprint density at radius 3 is 2.24 bits per heavy atom. The fraction of sp³-hybridized carbons (Fsp3) is 0.364. The molecule has 0 radical (unpaired) electrons. The number of hydrogen-bond acceptors (Lipinski definition) is 2. The summed E-state index contributed by atoms with van der Waals surface area (Å²) in [5.41, 5.74) is 2.88. The van der Waals surface area contributed by atoms with Gasteiger partial charge >= 0.3 is 5.97 Å². The van der Waals surface area contributed by atoms with Gasteiger partial charge < -0.3 is 5.11 Å². The summed E-state index contributed by atoms with van der Waals surface area (Å²) >= 11 is 0. The van der Waals surface area contributed by atoms with E-state index in [-0.39, 0.29) is 17.8 Å². The van der Waals surface area contributed by atoms with Gasteiger partial charge in [-0.25, -0.2) is 4.79 Å². The van der Waals surface area contributed by atoms with Crippen LogP contribution in [0.3, 0.4) is 0 Å². The zero-order valence-electron chi connectivity index (χ0n) is 14.8. The molecule has 3 heteroatoms. The topological polar surface area (TPSA) is 54.4 Å². The third-order valence-corrected chi connectivity index (χ3v) is 4.38. The molecule has 0 heterocycles. The van der Waals surface area contributed by atoms with Gasteiger partial charge in [0, 0.05) is 12.0 Å². The summed E-state index contributed by atoms with van der Waals surface area (Å²) in [6.07, 6.45) is 7.57. The van der Waals surface area contributed by atoms with Gasteiger partial charge in [-0.3, -0.25) is 4.79 Å². The van der Waals surface area contributed by atoms with Gasteiger partial charge in [-0.1, -0.05) is 69.0 Å². The van der Waals surface area contributed by atoms with E-state index in [0.717, 1.165) is 12.0 Å². The number of aromatic carboxylic acids is 1. The minimum Gasteiger partial charge on any atom is -0.478 e. The second-order valence-corrected chi connectivity index (χ2v) is 6.47. The highest BCUT2D eigenvalue weighted by atomic mass is 16.4. The van der Waals surface area contributed by atoms with Gasteiger partial charge in [0.15, 0.2) is 5.78 Å². The van der Waals surface area contributed by atoms with E-state index in [1.807, 2.05) is 24.3 Å². The van der Waals surface area contributed by atoms with Crippen LogP contribution < -0.4 is 0 Å². The summed E-state index contributed by atoms with van der Waals surface area (Å²) in [7, 11) is 0. The van der Waals surface area contributed by atoms with E-state index in [2.05, 4.69) is 6.92 Å². The number of hydrogen-bond donors (Lipinski definition) is 1. The number of ketones is 1. The van der Waals surface area contributed by atoms with Gasteiger partial charge in [-0.2, -0.15) is 0 Å². The molecule has 0 aliphatic heterocycles. The molecule has 132 valence electrons. The van der Waals surface area contributed by atoms with Gasteiger partial charge in [0.05, 0.1) is 5.56 Å². The van der Waals surface area contributed by atoms with Crippen LogP contribution in [0.5, 0.6) is 0 Å². The first-order chi connectivity index (χ1) is 12.1. The van der Waals surface area contributed by atoms with Crippen molar-refractivity contribution in [3.63, 3.8) is 0 Å². The highest BCUT2D eigenvalue weighted by molar-refractivity contribution is 5.98. The number of unbranched alkanes of at least 4 members (excludes halogenated alkanes) is 4. The normalized spacial score (nSPS) is 10.6. The number of carbonyl (C=O) groups is 2. The number of carboxylic acid groups (broad SMARTS) is 1. The molecule has 0 saturated carbocycles. The Bertz CT molecular complexity index is 701. The molecule has 0 amide bonds. The molecule has 0 spiro atoms. The number of carbonyl (C=O) groups excluding carboxylic acids is 1. The second kappa shape index (κ2) is 9.77. The van der Waals surface area contributed by atoms with Crippen LogP contribution in [-0.4, -0.2) is 16.9 Å². The van der Waals surface area contributed by atoms with Crippen molar-refractivity contribution >= 4 is 11.8 Å². The van der Waals surface area contributed by atoms with E-state index in [9.17, 15) is 9.59 Å². The molecule has 0 aromatic heterocycles. The molecular weight excluding hydrogens is 312 g/mol. The van der Waals surface area contributed by atoms with Gasteiger partial charge in [0.25, 0.3) is 0 Å². The van der Waals surface area contributed by atoms with Gasteiger partial charge in [0.1, 0.15) is 0 Å². The van der Waals surface area contributed by atoms with Crippen molar-refractivity contribution in [1.82, 2.24) is 0 Å². The van der Waals surface area contributed by atoms with Gasteiger partial charge in [0.2, 0.25) is 0 Å². The van der Waals surface area contributed by atoms with E-state index < -0.39 is 5.97 Å². The first-order valence-electron chi connectivity index (χ1n) is 9.04. The van der Waals surface area contributed by atoms with Crippen molar-refractivity contribution in [2.75, 3.05) is 0 Å². The van der Waals surface area contributed by atoms with E-state index in [4.69, 9.17) is 5.11 Å². The molecular formula is C22H26O3. The largest absolute Gasteiger partial charge is 0.478 e. The van der Waals surface area contributed by atoms with Crippen LogP contribution in [0, 0.1) is 0 Å². The predicted molar refractivity (Wildman–Crippen MR) is 100 cm³/mol. The average molecular weight is 338 g/mol. The Kier molecular flexibility index (Phi) is 7.39. The van der Waals surface area contributed by atoms with E-state index in [0.29, 0.717) is 5.56 Å². The molecule has 0 aliphatic rings. The van der Waals surface area contributed by atoms with Crippen LogP contribution in [-0.2, 0) is 12.8 Å². The SMILES string of the molecule is CCCCCCCc1ccc(C(=O)Cc2cccc(C(=O)O)c2)cc1. The van der Waals surface area contributed by atoms with Crippen LogP contribution >= 0.6 is 0 Å². The predicted octanol–water partition coefficient (Wildman–Crippen LogP) is 5.32. The Hall–Kier alpha value is -2.42. The Balaban J connectivity index is 1.89. The van der Waals surface area contributed by atoms with Crippen molar-refractivity contribution in [2.24, 2.45) is 0 Å². The summed E-state index contributed by atoms with van der Waals surface area (Å²) in [6.45, 7) is 2.22. The summed E-state index contributed by atoms with van der Waals surface area (Å²) in [6, 6.07) is 14.4. The lowest BCUT2D eigenvalue weighted by molar-refractivity contribution is 0.0696. The Morgan fingerprint density at radius 2 is 1.56 bits per heavy atom. The first-order valence-corrected chi connectivity index (χ1v) is 9.04. The van der Waals surface area contributed by atoms with Crippen LogP contribution in [0.4, 0.5) is 0 Å². The molecule has 0 unspecified atom stereocenters. The number of Topliss-reactive ketones (excluding diaryl/α,β-unsaturated/α-hetero) is 1. The maximum atomic E-state index is 12.4. The monoisotopic (exact) mass is 338 g/mol. The van der Waals surface area contributed by atoms with Crippen LogP contribution in [0.25, 0.3) is 0 Å². The molecule has 1 N–H and O–H groups in total. The molecule has 2 aromatic rings. The highest BCUT2D eigenvalue weighted by Crippen LogP contribution is 2.13. The zero-order chi connectivity index (χ0) is 18.1. The molecule has 0 aliphatic carbocycles. The highest BCUT2D eigenvalue weighted by Gasteiger charge is 2.09. The van der Waals surface area contributed by atoms with Crippen molar-refractivity contribution in [1.29, 1.82) is 0 Å². The Labute approximate surface area is 149 Å². The summed E-state index contributed by atoms with van der Waals surface area (Å²) < 4.78 is 0. The summed E-state index contributed by atoms with van der Waals surface area (Å²) in [5.74, 6) is -0.963. The van der Waals surface area contributed by atoms with Crippen molar-refractivity contribution in [3.8, 4) is 0 Å². The number of carboxylic acids is 1. The zero-order valence-corrected chi connectivity index (χ0v) is 14.8. The minimum atomic E-state index is -0.974. The van der Waals surface area contributed by atoms with Gasteiger partial charge in [-0.05, 0) is 36.1 Å². The lowest BCUT2D eigenvalue weighted by Gasteiger charge is -2.05. The second-order valence-electron chi connectivity index (χ2n) is 6.47. The molecule has 0 atom stereocenters. The molecule has 2 aromatic carbocycles. The minimum absolute atomic E-state index is 0.0111. The molecule has 0 saturated heterocycles. The van der Waals surface area contributed by atoms with Crippen molar-refractivity contribution < 1.29 is 14.7 Å². The van der Waals surface area contributed by atoms with Crippen LogP contribution in [0.15, 0.2) is 48.5 Å². The standard InChI is InChI=1S/C22H26O3/c1-2-3-4-5-6-8-17-11-13-19(14-12-17)21(23)16-18-9-7-10-20(15-18)22(24)25/h7,9-15H,2-6,8,16H2,1H3,(H,24,25). The average Bonchev–Trinajstić information content (AvgIpc) is 2.62.